The Labute approximate surface area is 195 Å². The quantitative estimate of drug-likeness (QED) is 0.242. The zero-order valence-corrected chi connectivity index (χ0v) is 19.5. The summed E-state index contributed by atoms with van der Waals surface area (Å²) in [4.78, 5) is 58.7. The molecule has 3 heterocycles. The maximum Gasteiger partial charge on any atom is 0.353 e. The van der Waals surface area contributed by atoms with E-state index in [0.717, 1.165) is 4.90 Å². The van der Waals surface area contributed by atoms with Crippen molar-refractivity contribution < 1.29 is 33.9 Å². The number of hydrogen-bond donors (Lipinski definition) is 2. The zero-order chi connectivity index (χ0) is 23.6. The molecule has 2 amide bonds. The van der Waals surface area contributed by atoms with Crippen molar-refractivity contribution >= 4 is 64.2 Å². The van der Waals surface area contributed by atoms with Crippen molar-refractivity contribution in [1.82, 2.24) is 15.2 Å². The van der Waals surface area contributed by atoms with Crippen molar-refractivity contribution in [3.8, 4) is 0 Å². The fourth-order valence-corrected chi connectivity index (χ4v) is 4.93. The highest BCUT2D eigenvalue weighted by molar-refractivity contribution is 8.00. The van der Waals surface area contributed by atoms with Crippen LogP contribution in [-0.2, 0) is 28.8 Å². The first kappa shape index (κ1) is 24.0. The van der Waals surface area contributed by atoms with Gasteiger partial charge in [0.1, 0.15) is 28.4 Å². The van der Waals surface area contributed by atoms with Crippen LogP contribution in [-0.4, -0.2) is 73.8 Å². The minimum atomic E-state index is -1.32. The van der Waals surface area contributed by atoms with Crippen LogP contribution in [0, 0.1) is 0 Å². The number of rotatable bonds is 7. The summed E-state index contributed by atoms with van der Waals surface area (Å²) in [7, 11) is 0. The Morgan fingerprint density at radius 3 is 2.72 bits per heavy atom. The molecule has 0 bridgehead atoms. The van der Waals surface area contributed by atoms with Gasteiger partial charge in [-0.05, 0) is 20.8 Å². The van der Waals surface area contributed by atoms with E-state index in [9.17, 15) is 24.3 Å². The van der Waals surface area contributed by atoms with E-state index in [2.05, 4.69) is 15.5 Å². The minimum absolute atomic E-state index is 0.0529. The summed E-state index contributed by atoms with van der Waals surface area (Å²) in [6, 6.07) is -0.985. The lowest BCUT2D eigenvalue weighted by Gasteiger charge is -2.48. The Hall–Kier alpha value is -2.64. The van der Waals surface area contributed by atoms with Crippen LogP contribution in [0.5, 0.6) is 0 Å². The Morgan fingerprint density at radius 1 is 1.41 bits per heavy atom. The number of fused-ring (bicyclic) bond motifs is 1. The van der Waals surface area contributed by atoms with Gasteiger partial charge in [0.15, 0.2) is 5.71 Å². The van der Waals surface area contributed by atoms with Crippen LogP contribution in [0.2, 0.25) is 0 Å². The molecule has 0 aromatic carbocycles. The fourth-order valence-electron chi connectivity index (χ4n) is 2.85. The van der Waals surface area contributed by atoms with Crippen LogP contribution >= 0.6 is 34.7 Å². The van der Waals surface area contributed by atoms with E-state index in [-0.39, 0.29) is 27.9 Å². The van der Waals surface area contributed by atoms with Gasteiger partial charge in [-0.2, -0.15) is 0 Å². The van der Waals surface area contributed by atoms with Crippen LogP contribution in [0.25, 0.3) is 0 Å². The van der Waals surface area contributed by atoms with Crippen molar-refractivity contribution in [3.05, 3.63) is 27.3 Å². The highest BCUT2D eigenvalue weighted by atomic mass is 35.5. The van der Waals surface area contributed by atoms with Gasteiger partial charge in [-0.25, -0.2) is 14.6 Å². The molecule has 1 fully saturated rings. The molecule has 0 saturated carbocycles. The summed E-state index contributed by atoms with van der Waals surface area (Å²) >= 11 is 8.38. The number of aliphatic carboxylic acids is 1. The number of nitrogens with one attached hydrogen (secondary N) is 1. The number of carbonyl (C=O) groups is 4. The number of β-lactam (4-membered cyclic amide) rings is 1. The number of halogens is 1. The molecule has 11 nitrogen and oxygen atoms in total. The molecular formula is C18H19ClN4O7S2. The monoisotopic (exact) mass is 502 g/mol. The lowest BCUT2D eigenvalue weighted by atomic mass is 10.0. The predicted molar refractivity (Wildman–Crippen MR) is 116 cm³/mol. The number of nitrogens with zero attached hydrogens (tertiary/aromatic N) is 3. The number of hydrogen-bond acceptors (Lipinski definition) is 10. The molecule has 0 spiro atoms. The van der Waals surface area contributed by atoms with E-state index in [0.29, 0.717) is 0 Å². The Balaban J connectivity index is 1.70. The second-order valence-electron chi connectivity index (χ2n) is 7.59. The molecule has 1 aromatic rings. The van der Waals surface area contributed by atoms with Crippen molar-refractivity contribution in [3.63, 3.8) is 0 Å². The first-order valence-corrected chi connectivity index (χ1v) is 11.5. The predicted octanol–water partition coefficient (Wildman–Crippen LogP) is 1.14. The number of thiazole rings is 1. The Bertz CT molecular complexity index is 1000. The first-order chi connectivity index (χ1) is 15.0. The summed E-state index contributed by atoms with van der Waals surface area (Å²) in [6.45, 7) is 4.56. The third-order valence-electron chi connectivity index (χ3n) is 4.06. The molecule has 2 atom stereocenters. The fraction of sp³-hybridized carbons (Fsp3) is 0.444. The van der Waals surface area contributed by atoms with E-state index in [1.807, 2.05) is 0 Å². The molecule has 1 unspecified atom stereocenters. The summed E-state index contributed by atoms with van der Waals surface area (Å²) in [6.07, 6.45) is 0. The van der Waals surface area contributed by atoms with Crippen LogP contribution in [0.3, 0.4) is 0 Å². The third kappa shape index (κ3) is 5.22. The number of oxime groups is 1. The van der Waals surface area contributed by atoms with Crippen LogP contribution in [0.1, 0.15) is 26.5 Å². The number of aromatic nitrogens is 1. The zero-order valence-electron chi connectivity index (χ0n) is 17.2. The summed E-state index contributed by atoms with van der Waals surface area (Å²) in [5, 5.41) is 16.6. The molecule has 14 heteroatoms. The number of thioether (sulfide) groups is 1. The molecule has 2 N–H and O–H groups in total. The van der Waals surface area contributed by atoms with Gasteiger partial charge in [0.05, 0.1) is 10.5 Å². The van der Waals surface area contributed by atoms with Crippen LogP contribution in [0.4, 0.5) is 0 Å². The molecule has 0 radical (unpaired) electrons. The topological polar surface area (TPSA) is 147 Å². The van der Waals surface area contributed by atoms with E-state index in [4.69, 9.17) is 21.2 Å². The number of ether oxygens (including phenoxy) is 1. The average molecular weight is 503 g/mol. The third-order valence-corrected chi connectivity index (χ3v) is 6.40. The number of carboxylic acid groups (broad SMARTS) is 1. The second kappa shape index (κ2) is 9.46. The molecular weight excluding hydrogens is 484 g/mol. The molecule has 1 aromatic heterocycles. The van der Waals surface area contributed by atoms with E-state index >= 15 is 0 Å². The van der Waals surface area contributed by atoms with Crippen molar-refractivity contribution in [1.29, 1.82) is 0 Å². The van der Waals surface area contributed by atoms with Gasteiger partial charge in [-0.3, -0.25) is 14.5 Å². The van der Waals surface area contributed by atoms with Crippen molar-refractivity contribution in [2.45, 2.75) is 37.8 Å². The summed E-state index contributed by atoms with van der Waals surface area (Å²) < 4.78 is 5.11. The van der Waals surface area contributed by atoms with Gasteiger partial charge in [-0.1, -0.05) is 16.8 Å². The second-order valence-corrected chi connectivity index (χ2v) is 9.87. The standard InChI is InChI=1S/C18H19ClN4O7S2/c1-18(2,3)30-10(24)4-29-22-11(9-6-31-7-20-9)14(25)21-12-15(26)23-13(17(27)28)8(19)5-32-16(12)23/h6-7,12,16H,4-5H2,1-3H3,(H,21,25)(H,27,28)/t12?,16-/m1/s1. The molecule has 172 valence electrons. The number of carboxylic acids is 1. The maximum absolute atomic E-state index is 12.8. The first-order valence-electron chi connectivity index (χ1n) is 9.17. The molecule has 0 aliphatic carbocycles. The SMILES string of the molecule is CC(C)(C)OC(=O)CON=C(C(=O)NC1C(=O)N2C(C(=O)O)=C(Cl)CS[C@H]12)c1cscn1. The molecule has 32 heavy (non-hydrogen) atoms. The number of carbonyl (C=O) groups excluding carboxylic acids is 3. The number of esters is 1. The Kier molecular flexibility index (Phi) is 7.10. The molecule has 3 rings (SSSR count). The normalized spacial score (nSPS) is 20.9. The van der Waals surface area contributed by atoms with Gasteiger partial charge >= 0.3 is 11.9 Å². The van der Waals surface area contributed by atoms with Crippen molar-refractivity contribution in [2.24, 2.45) is 5.16 Å². The van der Waals surface area contributed by atoms with Gasteiger partial charge in [-0.15, -0.1) is 23.1 Å². The van der Waals surface area contributed by atoms with Crippen molar-refractivity contribution in [2.75, 3.05) is 12.4 Å². The van der Waals surface area contributed by atoms with Crippen LogP contribution < -0.4 is 5.32 Å². The van der Waals surface area contributed by atoms with Gasteiger partial charge in [0, 0.05) is 11.1 Å². The molecule has 2 aliphatic heterocycles. The summed E-state index contributed by atoms with van der Waals surface area (Å²) in [5.74, 6) is -3.18. The van der Waals surface area contributed by atoms with Gasteiger partial charge < -0.3 is 20.0 Å². The summed E-state index contributed by atoms with van der Waals surface area (Å²) in [5.41, 5.74) is 0.421. The highest BCUT2D eigenvalue weighted by Crippen LogP contribution is 2.41. The largest absolute Gasteiger partial charge is 0.477 e. The number of amides is 2. The molecule has 2 aliphatic rings. The van der Waals surface area contributed by atoms with Gasteiger partial charge in [0.25, 0.3) is 11.8 Å². The minimum Gasteiger partial charge on any atom is -0.477 e. The lowest BCUT2D eigenvalue weighted by molar-refractivity contribution is -0.160. The molecule has 1 saturated heterocycles. The van der Waals surface area contributed by atoms with Gasteiger partial charge in [0.2, 0.25) is 6.61 Å². The smallest absolute Gasteiger partial charge is 0.353 e. The van der Waals surface area contributed by atoms with Crippen LogP contribution in [0.15, 0.2) is 26.8 Å². The van der Waals surface area contributed by atoms with E-state index < -0.39 is 47.4 Å². The Morgan fingerprint density at radius 2 is 2.12 bits per heavy atom. The average Bonchev–Trinajstić information content (AvgIpc) is 3.21. The van der Waals surface area contributed by atoms with E-state index in [1.165, 1.54) is 28.6 Å². The highest BCUT2D eigenvalue weighted by Gasteiger charge is 2.54. The maximum atomic E-state index is 12.8. The van der Waals surface area contributed by atoms with E-state index in [1.54, 1.807) is 26.2 Å². The lowest BCUT2D eigenvalue weighted by Crippen LogP contribution is -2.71.